The molecule has 0 heterocycles. The van der Waals surface area contributed by atoms with Gasteiger partial charge in [0, 0.05) is 10.7 Å². The largest absolute Gasteiger partial charge is 0.407 e. The Morgan fingerprint density at radius 3 is 1.67 bits per heavy atom. The molecule has 0 aliphatic carbocycles. The maximum Gasteiger partial charge on any atom is 0.265 e. The summed E-state index contributed by atoms with van der Waals surface area (Å²) in [4.78, 5) is 0. The van der Waals surface area contributed by atoms with E-state index in [1.807, 2.05) is 0 Å². The van der Waals surface area contributed by atoms with Gasteiger partial charge in [-0.15, -0.1) is 0 Å². The SMILES string of the molecule is CCO[Si](CI)(c1ccccc1)c1ccccc1. The van der Waals surface area contributed by atoms with E-state index in [0.29, 0.717) is 0 Å². The Labute approximate surface area is 123 Å². The highest BCUT2D eigenvalue weighted by Gasteiger charge is 2.37. The molecule has 2 aromatic carbocycles. The van der Waals surface area contributed by atoms with E-state index in [4.69, 9.17) is 4.43 Å². The fraction of sp³-hybridized carbons (Fsp3) is 0.200. The van der Waals surface area contributed by atoms with Crippen LogP contribution in [0.3, 0.4) is 0 Å². The van der Waals surface area contributed by atoms with Crippen molar-refractivity contribution in [3.63, 3.8) is 0 Å². The van der Waals surface area contributed by atoms with Crippen LogP contribution in [-0.4, -0.2) is 19.0 Å². The fourth-order valence-electron chi connectivity index (χ4n) is 2.19. The molecule has 0 bridgehead atoms. The number of hydrogen-bond acceptors (Lipinski definition) is 1. The van der Waals surface area contributed by atoms with Crippen molar-refractivity contribution >= 4 is 41.3 Å². The Morgan fingerprint density at radius 2 is 1.33 bits per heavy atom. The lowest BCUT2D eigenvalue weighted by Crippen LogP contribution is -2.62. The van der Waals surface area contributed by atoms with Crippen molar-refractivity contribution in [3.8, 4) is 0 Å². The highest BCUT2D eigenvalue weighted by Crippen LogP contribution is 2.11. The average Bonchev–Trinajstić information content (AvgIpc) is 2.47. The van der Waals surface area contributed by atoms with Crippen LogP contribution >= 0.6 is 22.6 Å². The molecular weight excluding hydrogens is 351 g/mol. The zero-order valence-corrected chi connectivity index (χ0v) is 13.6. The Kier molecular flexibility index (Phi) is 4.97. The van der Waals surface area contributed by atoms with Gasteiger partial charge in [0.2, 0.25) is 0 Å². The number of benzene rings is 2. The van der Waals surface area contributed by atoms with E-state index in [2.05, 4.69) is 90.2 Å². The molecule has 0 aliphatic heterocycles. The van der Waals surface area contributed by atoms with Gasteiger partial charge in [-0.1, -0.05) is 83.3 Å². The standard InChI is InChI=1S/C15H17IOSi/c1-2-17-18(13-16,14-9-5-3-6-10-14)15-11-7-4-8-12-15/h3-12H,2,13H2,1H3. The molecular formula is C15H17IOSi. The molecule has 0 N–H and O–H groups in total. The van der Waals surface area contributed by atoms with E-state index < -0.39 is 8.32 Å². The van der Waals surface area contributed by atoms with E-state index in [0.717, 1.165) is 10.7 Å². The minimum absolute atomic E-state index is 0.763. The molecule has 2 rings (SSSR count). The highest BCUT2D eigenvalue weighted by atomic mass is 127. The van der Waals surface area contributed by atoms with Gasteiger partial charge in [-0.3, -0.25) is 0 Å². The molecule has 0 atom stereocenters. The summed E-state index contributed by atoms with van der Waals surface area (Å²) in [5.74, 6) is 0. The molecule has 3 heteroatoms. The predicted molar refractivity (Wildman–Crippen MR) is 88.4 cm³/mol. The van der Waals surface area contributed by atoms with Gasteiger partial charge >= 0.3 is 0 Å². The summed E-state index contributed by atoms with van der Waals surface area (Å²) in [6.45, 7) is 2.85. The molecule has 0 fully saturated rings. The lowest BCUT2D eigenvalue weighted by molar-refractivity contribution is 0.343. The number of rotatable bonds is 5. The third kappa shape index (κ3) is 2.68. The third-order valence-corrected chi connectivity index (χ3v) is 9.97. The highest BCUT2D eigenvalue weighted by molar-refractivity contribution is 14.1. The van der Waals surface area contributed by atoms with Gasteiger partial charge < -0.3 is 4.43 Å². The van der Waals surface area contributed by atoms with Crippen LogP contribution in [0.2, 0.25) is 0 Å². The van der Waals surface area contributed by atoms with Crippen LogP contribution < -0.4 is 10.4 Å². The predicted octanol–water partition coefficient (Wildman–Crippen LogP) is 2.76. The van der Waals surface area contributed by atoms with Crippen LogP contribution in [0.15, 0.2) is 60.7 Å². The first-order valence-electron chi connectivity index (χ1n) is 6.14. The first-order chi connectivity index (χ1) is 8.83. The topological polar surface area (TPSA) is 9.23 Å². The summed E-state index contributed by atoms with van der Waals surface area (Å²) in [7, 11) is -2.04. The smallest absolute Gasteiger partial charge is 0.265 e. The zero-order valence-electron chi connectivity index (χ0n) is 10.5. The van der Waals surface area contributed by atoms with E-state index in [1.54, 1.807) is 0 Å². The fourth-order valence-corrected chi connectivity index (χ4v) is 8.50. The molecule has 0 radical (unpaired) electrons. The Morgan fingerprint density at radius 1 is 0.889 bits per heavy atom. The molecule has 0 aliphatic rings. The molecule has 1 nitrogen and oxygen atoms in total. The Balaban J connectivity index is 2.53. The first kappa shape index (κ1) is 13.8. The van der Waals surface area contributed by atoms with Gasteiger partial charge in [0.25, 0.3) is 8.32 Å². The molecule has 0 saturated carbocycles. The van der Waals surface area contributed by atoms with Crippen LogP contribution in [0.4, 0.5) is 0 Å². The van der Waals surface area contributed by atoms with Crippen molar-refractivity contribution in [2.24, 2.45) is 0 Å². The van der Waals surface area contributed by atoms with Crippen LogP contribution in [0.1, 0.15) is 6.92 Å². The van der Waals surface area contributed by atoms with Gasteiger partial charge in [-0.2, -0.15) is 0 Å². The van der Waals surface area contributed by atoms with Gasteiger partial charge in [0.15, 0.2) is 0 Å². The van der Waals surface area contributed by atoms with E-state index >= 15 is 0 Å². The molecule has 0 aromatic heterocycles. The van der Waals surface area contributed by atoms with Gasteiger partial charge in [0.1, 0.15) is 0 Å². The molecule has 0 amide bonds. The second-order valence-corrected chi connectivity index (χ2v) is 9.78. The second kappa shape index (κ2) is 6.50. The zero-order chi connectivity index (χ0) is 12.8. The quantitative estimate of drug-likeness (QED) is 0.448. The summed E-state index contributed by atoms with van der Waals surface area (Å²) in [5, 5.41) is 2.71. The van der Waals surface area contributed by atoms with Crippen molar-refractivity contribution in [2.75, 3.05) is 10.7 Å². The van der Waals surface area contributed by atoms with Crippen molar-refractivity contribution in [3.05, 3.63) is 60.7 Å². The molecule has 2 aromatic rings. The van der Waals surface area contributed by atoms with Crippen molar-refractivity contribution in [1.82, 2.24) is 0 Å². The molecule has 0 saturated heterocycles. The second-order valence-electron chi connectivity index (χ2n) is 4.13. The number of halogens is 1. The van der Waals surface area contributed by atoms with Crippen LogP contribution in [0.25, 0.3) is 0 Å². The van der Waals surface area contributed by atoms with Crippen LogP contribution in [-0.2, 0) is 4.43 Å². The summed E-state index contributed by atoms with van der Waals surface area (Å²) in [6.07, 6.45) is 0. The van der Waals surface area contributed by atoms with Crippen molar-refractivity contribution in [1.29, 1.82) is 0 Å². The molecule has 0 spiro atoms. The number of hydrogen-bond donors (Lipinski definition) is 0. The van der Waals surface area contributed by atoms with E-state index in [-0.39, 0.29) is 0 Å². The summed E-state index contributed by atoms with van der Waals surface area (Å²) < 4.78 is 7.32. The normalized spacial score (nSPS) is 11.4. The Hall–Kier alpha value is -0.653. The van der Waals surface area contributed by atoms with Crippen LogP contribution in [0.5, 0.6) is 0 Å². The minimum Gasteiger partial charge on any atom is -0.407 e. The monoisotopic (exact) mass is 368 g/mol. The van der Waals surface area contributed by atoms with E-state index in [9.17, 15) is 0 Å². The minimum atomic E-state index is -2.04. The summed E-state index contributed by atoms with van der Waals surface area (Å²) in [5.41, 5.74) is 0. The molecule has 18 heavy (non-hydrogen) atoms. The van der Waals surface area contributed by atoms with Gasteiger partial charge in [0.05, 0.1) is 0 Å². The summed E-state index contributed by atoms with van der Waals surface area (Å²) >= 11 is 2.47. The van der Waals surface area contributed by atoms with E-state index in [1.165, 1.54) is 10.4 Å². The van der Waals surface area contributed by atoms with Crippen molar-refractivity contribution in [2.45, 2.75) is 6.92 Å². The third-order valence-electron chi connectivity index (χ3n) is 3.06. The van der Waals surface area contributed by atoms with Crippen LogP contribution in [0, 0.1) is 0 Å². The molecule has 94 valence electrons. The lowest BCUT2D eigenvalue weighted by atomic mass is 10.4. The Bertz CT molecular complexity index is 433. The molecule has 0 unspecified atom stereocenters. The maximum absolute atomic E-state index is 6.28. The summed E-state index contributed by atoms with van der Waals surface area (Å²) in [6, 6.07) is 21.3. The average molecular weight is 368 g/mol. The number of alkyl halides is 1. The maximum atomic E-state index is 6.28. The lowest BCUT2D eigenvalue weighted by Gasteiger charge is -2.30. The van der Waals surface area contributed by atoms with Crippen molar-refractivity contribution < 1.29 is 4.43 Å². The van der Waals surface area contributed by atoms with Gasteiger partial charge in [-0.05, 0) is 17.3 Å². The first-order valence-corrected chi connectivity index (χ1v) is 9.78. The van der Waals surface area contributed by atoms with Gasteiger partial charge in [-0.25, -0.2) is 0 Å².